The van der Waals surface area contributed by atoms with Gasteiger partial charge in [0.25, 0.3) is 11.6 Å². The van der Waals surface area contributed by atoms with E-state index in [1.165, 1.54) is 11.1 Å². The van der Waals surface area contributed by atoms with E-state index in [0.29, 0.717) is 23.5 Å². The van der Waals surface area contributed by atoms with Gasteiger partial charge in [-0.25, -0.2) is 4.98 Å². The van der Waals surface area contributed by atoms with Crippen LogP contribution >= 0.6 is 0 Å². The van der Waals surface area contributed by atoms with Gasteiger partial charge in [0.1, 0.15) is 0 Å². The molecule has 0 fully saturated rings. The van der Waals surface area contributed by atoms with Crippen LogP contribution in [-0.2, 0) is 13.0 Å². The summed E-state index contributed by atoms with van der Waals surface area (Å²) in [6.45, 7) is 6.43. The molecule has 1 amide bonds. The Morgan fingerprint density at radius 3 is 2.79 bits per heavy atom. The Balaban J connectivity index is 1.78. The zero-order valence-electron chi connectivity index (χ0n) is 14.0. The van der Waals surface area contributed by atoms with Gasteiger partial charge in [-0.05, 0) is 44.4 Å². The Kier molecular flexibility index (Phi) is 3.37. The highest BCUT2D eigenvalue weighted by Gasteiger charge is 2.29. The molecule has 0 spiro atoms. The smallest absolute Gasteiger partial charge is 0.258 e. The maximum Gasteiger partial charge on any atom is 0.258 e. The standard InChI is InChI=1S/C19H19N3O2/c1-11-8-16(17-13(3)21-24-18(17)20-11)19(23)22-10-15-7-5-4-6-14(15)9-12(22)2/h4-8,12H,9-10H2,1-3H3. The molecule has 1 aromatic carbocycles. The number of carbonyl (C=O) groups is 1. The number of aryl methyl sites for hydroxylation is 2. The van der Waals surface area contributed by atoms with E-state index in [4.69, 9.17) is 4.52 Å². The van der Waals surface area contributed by atoms with Gasteiger partial charge in [0, 0.05) is 18.3 Å². The predicted molar refractivity (Wildman–Crippen MR) is 90.8 cm³/mol. The first kappa shape index (κ1) is 14.9. The number of carbonyl (C=O) groups excluding carboxylic acids is 1. The van der Waals surface area contributed by atoms with Gasteiger partial charge in [0.05, 0.1) is 16.6 Å². The third-order valence-corrected chi connectivity index (χ3v) is 4.74. The van der Waals surface area contributed by atoms with Crippen LogP contribution in [0, 0.1) is 13.8 Å². The largest absolute Gasteiger partial charge is 0.336 e. The predicted octanol–water partition coefficient (Wildman–Crippen LogP) is 3.43. The van der Waals surface area contributed by atoms with Crippen LogP contribution in [0.3, 0.4) is 0 Å². The van der Waals surface area contributed by atoms with Crippen molar-refractivity contribution < 1.29 is 9.32 Å². The fourth-order valence-corrected chi connectivity index (χ4v) is 3.49. The van der Waals surface area contributed by atoms with Crippen LogP contribution in [0.4, 0.5) is 0 Å². The van der Waals surface area contributed by atoms with Crippen LogP contribution in [0.15, 0.2) is 34.9 Å². The maximum absolute atomic E-state index is 13.3. The van der Waals surface area contributed by atoms with Crippen LogP contribution in [0.5, 0.6) is 0 Å². The topological polar surface area (TPSA) is 59.2 Å². The summed E-state index contributed by atoms with van der Waals surface area (Å²) in [7, 11) is 0. The molecule has 0 aliphatic carbocycles. The first-order chi connectivity index (χ1) is 11.5. The highest BCUT2D eigenvalue weighted by atomic mass is 16.5. The molecule has 3 aromatic rings. The second-order valence-electron chi connectivity index (χ2n) is 6.51. The molecule has 122 valence electrons. The third kappa shape index (κ3) is 2.28. The zero-order chi connectivity index (χ0) is 16.8. The number of benzene rings is 1. The fourth-order valence-electron chi connectivity index (χ4n) is 3.49. The summed E-state index contributed by atoms with van der Waals surface area (Å²) in [5.41, 5.74) is 5.06. The minimum atomic E-state index is 0.0128. The second kappa shape index (κ2) is 5.44. The van der Waals surface area contributed by atoms with Gasteiger partial charge in [-0.3, -0.25) is 4.79 Å². The lowest BCUT2D eigenvalue weighted by Crippen LogP contribution is -2.42. The molecule has 0 bridgehead atoms. The summed E-state index contributed by atoms with van der Waals surface area (Å²) in [6, 6.07) is 10.3. The van der Waals surface area contributed by atoms with Crippen LogP contribution in [0.25, 0.3) is 11.1 Å². The second-order valence-corrected chi connectivity index (χ2v) is 6.51. The number of hydrogen-bond acceptors (Lipinski definition) is 4. The lowest BCUT2D eigenvalue weighted by Gasteiger charge is -2.35. The molecule has 0 N–H and O–H groups in total. The van der Waals surface area contributed by atoms with Crippen molar-refractivity contribution in [1.29, 1.82) is 0 Å². The summed E-state index contributed by atoms with van der Waals surface area (Å²) in [6.07, 6.45) is 0.873. The Hall–Kier alpha value is -2.69. The highest BCUT2D eigenvalue weighted by molar-refractivity contribution is 6.06. The Labute approximate surface area is 140 Å². The van der Waals surface area contributed by atoms with E-state index in [1.807, 2.05) is 30.9 Å². The number of pyridine rings is 1. The first-order valence-electron chi connectivity index (χ1n) is 8.16. The van der Waals surface area contributed by atoms with Crippen LogP contribution in [0.2, 0.25) is 0 Å². The van der Waals surface area contributed by atoms with E-state index < -0.39 is 0 Å². The molecule has 1 aliphatic rings. The molecule has 1 aliphatic heterocycles. The van der Waals surface area contributed by atoms with Crippen molar-refractivity contribution in [3.05, 3.63) is 58.4 Å². The van der Waals surface area contributed by atoms with Crippen molar-refractivity contribution >= 4 is 17.0 Å². The molecule has 0 saturated heterocycles. The molecule has 5 heteroatoms. The molecular weight excluding hydrogens is 302 g/mol. The average Bonchev–Trinajstić information content (AvgIpc) is 2.93. The quantitative estimate of drug-likeness (QED) is 0.689. The molecule has 4 rings (SSSR count). The van der Waals surface area contributed by atoms with E-state index in [2.05, 4.69) is 35.3 Å². The molecular formula is C19H19N3O2. The van der Waals surface area contributed by atoms with Gasteiger partial charge in [-0.2, -0.15) is 0 Å². The molecule has 1 atom stereocenters. The van der Waals surface area contributed by atoms with E-state index in [1.54, 1.807) is 0 Å². The van der Waals surface area contributed by atoms with Crippen molar-refractivity contribution in [2.75, 3.05) is 0 Å². The van der Waals surface area contributed by atoms with Crippen LogP contribution < -0.4 is 0 Å². The van der Waals surface area contributed by atoms with E-state index >= 15 is 0 Å². The average molecular weight is 321 g/mol. The van der Waals surface area contributed by atoms with Gasteiger partial charge in [-0.1, -0.05) is 29.4 Å². The van der Waals surface area contributed by atoms with Gasteiger partial charge < -0.3 is 9.42 Å². The molecule has 5 nitrogen and oxygen atoms in total. The number of amides is 1. The van der Waals surface area contributed by atoms with Crippen molar-refractivity contribution in [3.8, 4) is 0 Å². The number of hydrogen-bond donors (Lipinski definition) is 0. The van der Waals surface area contributed by atoms with Gasteiger partial charge in [0.2, 0.25) is 0 Å². The van der Waals surface area contributed by atoms with Crippen molar-refractivity contribution in [3.63, 3.8) is 0 Å². The number of aromatic nitrogens is 2. The molecule has 0 saturated carbocycles. The maximum atomic E-state index is 13.3. The monoisotopic (exact) mass is 321 g/mol. The molecule has 2 aromatic heterocycles. The number of nitrogens with zero attached hydrogens (tertiary/aromatic N) is 3. The van der Waals surface area contributed by atoms with E-state index in [9.17, 15) is 4.79 Å². The zero-order valence-corrected chi connectivity index (χ0v) is 14.0. The third-order valence-electron chi connectivity index (χ3n) is 4.74. The van der Waals surface area contributed by atoms with Crippen molar-refractivity contribution in [2.45, 2.75) is 39.8 Å². The Morgan fingerprint density at radius 2 is 2.00 bits per heavy atom. The fraction of sp³-hybridized carbons (Fsp3) is 0.316. The van der Waals surface area contributed by atoms with Gasteiger partial charge in [-0.15, -0.1) is 0 Å². The van der Waals surface area contributed by atoms with Crippen LogP contribution in [-0.4, -0.2) is 27.0 Å². The minimum absolute atomic E-state index is 0.0128. The van der Waals surface area contributed by atoms with Crippen molar-refractivity contribution in [1.82, 2.24) is 15.0 Å². The van der Waals surface area contributed by atoms with Crippen LogP contribution in [0.1, 0.15) is 39.8 Å². The highest BCUT2D eigenvalue weighted by Crippen LogP contribution is 2.28. The van der Waals surface area contributed by atoms with E-state index in [-0.39, 0.29) is 11.9 Å². The minimum Gasteiger partial charge on any atom is -0.336 e. The van der Waals surface area contributed by atoms with Gasteiger partial charge in [0.15, 0.2) is 0 Å². The molecule has 3 heterocycles. The van der Waals surface area contributed by atoms with Gasteiger partial charge >= 0.3 is 0 Å². The summed E-state index contributed by atoms with van der Waals surface area (Å²) in [5.74, 6) is 0.0128. The SMILES string of the molecule is Cc1cc(C(=O)N2Cc3ccccc3CC2C)c2c(C)noc2n1. The lowest BCUT2D eigenvalue weighted by molar-refractivity contribution is 0.0660. The van der Waals surface area contributed by atoms with Crippen molar-refractivity contribution in [2.24, 2.45) is 0 Å². The molecule has 0 radical (unpaired) electrons. The summed E-state index contributed by atoms with van der Waals surface area (Å²) in [5, 5.41) is 4.69. The number of fused-ring (bicyclic) bond motifs is 2. The van der Waals surface area contributed by atoms with E-state index in [0.717, 1.165) is 17.5 Å². The first-order valence-corrected chi connectivity index (χ1v) is 8.16. The number of rotatable bonds is 1. The summed E-state index contributed by atoms with van der Waals surface area (Å²) in [4.78, 5) is 19.5. The lowest BCUT2D eigenvalue weighted by atomic mass is 9.94. The normalized spacial score (nSPS) is 17.1. The Bertz CT molecular complexity index is 945. The molecule has 1 unspecified atom stereocenters. The summed E-state index contributed by atoms with van der Waals surface area (Å²) >= 11 is 0. The Morgan fingerprint density at radius 1 is 1.25 bits per heavy atom. The molecule has 24 heavy (non-hydrogen) atoms. The summed E-state index contributed by atoms with van der Waals surface area (Å²) < 4.78 is 5.26.